The minimum atomic E-state index is -4.15. The Morgan fingerprint density at radius 1 is 1.40 bits per heavy atom. The standard InChI is InChI=1S/C9H13ClF3NO/c10-5-8(15)14-7-3-1-2-6(4-7)9(11,12)13/h6-7H,1-5H2,(H,14,15)/t6-,7-/m1/s1. The van der Waals surface area contributed by atoms with Crippen molar-refractivity contribution in [3.63, 3.8) is 0 Å². The van der Waals surface area contributed by atoms with Crippen LogP contribution in [0.2, 0.25) is 0 Å². The Balaban J connectivity index is 2.46. The zero-order valence-electron chi connectivity index (χ0n) is 8.11. The zero-order chi connectivity index (χ0) is 11.5. The largest absolute Gasteiger partial charge is 0.391 e. The molecular weight excluding hydrogens is 231 g/mol. The molecule has 1 amide bonds. The molecule has 1 rings (SSSR count). The lowest BCUT2D eigenvalue weighted by Crippen LogP contribution is -2.42. The molecule has 1 aliphatic carbocycles. The normalized spacial score (nSPS) is 27.5. The van der Waals surface area contributed by atoms with E-state index < -0.39 is 18.0 Å². The van der Waals surface area contributed by atoms with Crippen LogP contribution in [0.15, 0.2) is 0 Å². The second-order valence-corrected chi connectivity index (χ2v) is 4.07. The first-order chi connectivity index (χ1) is 6.93. The summed E-state index contributed by atoms with van der Waals surface area (Å²) in [6, 6.07) is -0.378. The van der Waals surface area contributed by atoms with Crippen LogP contribution in [0.5, 0.6) is 0 Å². The summed E-state index contributed by atoms with van der Waals surface area (Å²) < 4.78 is 37.2. The van der Waals surface area contributed by atoms with Crippen LogP contribution in [0, 0.1) is 5.92 Å². The fraction of sp³-hybridized carbons (Fsp3) is 0.889. The van der Waals surface area contributed by atoms with Crippen LogP contribution < -0.4 is 5.32 Å². The van der Waals surface area contributed by atoms with Crippen LogP contribution in [-0.2, 0) is 4.79 Å². The minimum absolute atomic E-state index is 0.0217. The second kappa shape index (κ2) is 5.05. The highest BCUT2D eigenvalue weighted by Gasteiger charge is 2.42. The average molecular weight is 244 g/mol. The van der Waals surface area contributed by atoms with Crippen LogP contribution in [0.1, 0.15) is 25.7 Å². The number of amides is 1. The van der Waals surface area contributed by atoms with E-state index in [0.29, 0.717) is 12.8 Å². The molecule has 2 nitrogen and oxygen atoms in total. The quantitative estimate of drug-likeness (QED) is 0.742. The van der Waals surface area contributed by atoms with E-state index in [2.05, 4.69) is 5.32 Å². The van der Waals surface area contributed by atoms with Gasteiger partial charge >= 0.3 is 6.18 Å². The van der Waals surface area contributed by atoms with Crippen LogP contribution in [0.4, 0.5) is 13.2 Å². The van der Waals surface area contributed by atoms with Crippen LogP contribution in [0.25, 0.3) is 0 Å². The molecule has 0 heterocycles. The predicted octanol–water partition coefficient (Wildman–Crippen LogP) is 2.46. The maximum atomic E-state index is 12.4. The zero-order valence-corrected chi connectivity index (χ0v) is 8.87. The summed E-state index contributed by atoms with van der Waals surface area (Å²) in [6.45, 7) is 0. The third kappa shape index (κ3) is 3.89. The van der Waals surface area contributed by atoms with E-state index in [4.69, 9.17) is 11.6 Å². The van der Waals surface area contributed by atoms with Gasteiger partial charge in [-0.05, 0) is 19.3 Å². The van der Waals surface area contributed by atoms with Gasteiger partial charge in [0.15, 0.2) is 0 Å². The Morgan fingerprint density at radius 2 is 2.07 bits per heavy atom. The summed E-state index contributed by atoms with van der Waals surface area (Å²) in [4.78, 5) is 10.9. The van der Waals surface area contributed by atoms with Crippen molar-refractivity contribution in [3.05, 3.63) is 0 Å². The van der Waals surface area contributed by atoms with Gasteiger partial charge in [0, 0.05) is 6.04 Å². The Hall–Kier alpha value is -0.450. The first-order valence-electron chi connectivity index (χ1n) is 4.85. The van der Waals surface area contributed by atoms with Crippen LogP contribution in [-0.4, -0.2) is 24.0 Å². The van der Waals surface area contributed by atoms with Crippen molar-refractivity contribution in [2.75, 3.05) is 5.88 Å². The third-order valence-electron chi connectivity index (χ3n) is 2.62. The topological polar surface area (TPSA) is 29.1 Å². The first kappa shape index (κ1) is 12.6. The molecule has 0 aromatic rings. The monoisotopic (exact) mass is 243 g/mol. The highest BCUT2D eigenvalue weighted by atomic mass is 35.5. The predicted molar refractivity (Wildman–Crippen MR) is 50.7 cm³/mol. The van der Waals surface area contributed by atoms with Gasteiger partial charge in [-0.2, -0.15) is 13.2 Å². The number of nitrogens with one attached hydrogen (secondary N) is 1. The molecule has 0 aromatic heterocycles. The van der Waals surface area contributed by atoms with E-state index in [0.717, 1.165) is 0 Å². The average Bonchev–Trinajstić information content (AvgIpc) is 2.17. The van der Waals surface area contributed by atoms with Gasteiger partial charge in [0.2, 0.25) is 5.91 Å². The number of hydrogen-bond donors (Lipinski definition) is 1. The van der Waals surface area contributed by atoms with E-state index in [9.17, 15) is 18.0 Å². The molecule has 15 heavy (non-hydrogen) atoms. The smallest absolute Gasteiger partial charge is 0.352 e. The molecule has 1 aliphatic rings. The molecule has 2 atom stereocenters. The molecule has 0 spiro atoms. The van der Waals surface area contributed by atoms with E-state index in [1.165, 1.54) is 0 Å². The molecule has 0 radical (unpaired) electrons. The van der Waals surface area contributed by atoms with E-state index in [1.807, 2.05) is 0 Å². The molecule has 88 valence electrons. The molecule has 1 saturated carbocycles. The molecular formula is C9H13ClF3NO. The molecule has 0 unspecified atom stereocenters. The highest BCUT2D eigenvalue weighted by Crippen LogP contribution is 2.37. The molecule has 1 fully saturated rings. The summed E-state index contributed by atoms with van der Waals surface area (Å²) in [5.74, 6) is -1.89. The van der Waals surface area contributed by atoms with Gasteiger partial charge in [0.05, 0.1) is 5.92 Å². The maximum Gasteiger partial charge on any atom is 0.391 e. The summed E-state index contributed by atoms with van der Waals surface area (Å²) in [6.07, 6.45) is -2.90. The second-order valence-electron chi connectivity index (χ2n) is 3.80. The first-order valence-corrected chi connectivity index (χ1v) is 5.39. The minimum Gasteiger partial charge on any atom is -0.352 e. The van der Waals surface area contributed by atoms with Crippen molar-refractivity contribution in [3.8, 4) is 0 Å². The third-order valence-corrected chi connectivity index (χ3v) is 2.87. The van der Waals surface area contributed by atoms with Gasteiger partial charge in [-0.1, -0.05) is 6.42 Å². The van der Waals surface area contributed by atoms with Crippen molar-refractivity contribution >= 4 is 17.5 Å². The fourth-order valence-corrected chi connectivity index (χ4v) is 1.96. The van der Waals surface area contributed by atoms with E-state index in [1.54, 1.807) is 0 Å². The Labute approximate surface area is 91.2 Å². The number of carbonyl (C=O) groups is 1. The Bertz CT molecular complexity index is 232. The van der Waals surface area contributed by atoms with E-state index in [-0.39, 0.29) is 24.8 Å². The van der Waals surface area contributed by atoms with Gasteiger partial charge in [-0.15, -0.1) is 11.6 Å². The van der Waals surface area contributed by atoms with Gasteiger partial charge in [-0.3, -0.25) is 4.79 Å². The van der Waals surface area contributed by atoms with Crippen LogP contribution >= 0.6 is 11.6 Å². The van der Waals surface area contributed by atoms with Crippen molar-refractivity contribution in [2.24, 2.45) is 5.92 Å². The van der Waals surface area contributed by atoms with E-state index >= 15 is 0 Å². The van der Waals surface area contributed by atoms with Gasteiger partial charge in [-0.25, -0.2) is 0 Å². The van der Waals surface area contributed by atoms with Crippen molar-refractivity contribution in [1.82, 2.24) is 5.32 Å². The van der Waals surface area contributed by atoms with Gasteiger partial charge in [0.1, 0.15) is 5.88 Å². The maximum absolute atomic E-state index is 12.4. The number of carbonyl (C=O) groups excluding carboxylic acids is 1. The fourth-order valence-electron chi connectivity index (χ4n) is 1.88. The number of halogens is 4. The summed E-state index contributed by atoms with van der Waals surface area (Å²) >= 11 is 5.26. The van der Waals surface area contributed by atoms with Crippen molar-refractivity contribution < 1.29 is 18.0 Å². The Kier molecular flexibility index (Phi) is 4.25. The molecule has 1 N–H and O–H groups in total. The van der Waals surface area contributed by atoms with Crippen LogP contribution in [0.3, 0.4) is 0 Å². The van der Waals surface area contributed by atoms with Crippen molar-refractivity contribution in [1.29, 1.82) is 0 Å². The molecule has 0 bridgehead atoms. The molecule has 0 saturated heterocycles. The molecule has 6 heteroatoms. The van der Waals surface area contributed by atoms with Gasteiger partial charge in [0.25, 0.3) is 0 Å². The Morgan fingerprint density at radius 3 is 2.60 bits per heavy atom. The molecule has 0 aromatic carbocycles. The summed E-state index contributed by atoms with van der Waals surface area (Å²) in [7, 11) is 0. The molecule has 0 aliphatic heterocycles. The SMILES string of the molecule is O=C(CCl)N[C@@H]1CCC[C@@H](C(F)(F)F)C1. The number of alkyl halides is 4. The number of rotatable bonds is 2. The lowest BCUT2D eigenvalue weighted by molar-refractivity contribution is -0.184. The van der Waals surface area contributed by atoms with Crippen molar-refractivity contribution in [2.45, 2.75) is 37.9 Å². The van der Waals surface area contributed by atoms with Gasteiger partial charge < -0.3 is 5.32 Å². The number of hydrogen-bond acceptors (Lipinski definition) is 1. The summed E-state index contributed by atoms with van der Waals surface area (Å²) in [5, 5.41) is 2.50. The summed E-state index contributed by atoms with van der Waals surface area (Å²) in [5.41, 5.74) is 0. The highest BCUT2D eigenvalue weighted by molar-refractivity contribution is 6.27. The lowest BCUT2D eigenvalue weighted by Gasteiger charge is -2.30. The lowest BCUT2D eigenvalue weighted by atomic mass is 9.85.